The molecule has 0 saturated heterocycles. The van der Waals surface area contributed by atoms with Gasteiger partial charge < -0.3 is 5.32 Å². The molecule has 0 spiro atoms. The van der Waals surface area contributed by atoms with E-state index in [0.29, 0.717) is 17.6 Å². The fourth-order valence-electron chi connectivity index (χ4n) is 2.77. The fraction of sp³-hybridized carbons (Fsp3) is 0.400. The Morgan fingerprint density at radius 1 is 1.38 bits per heavy atom. The molecule has 5 nitrogen and oxygen atoms in total. The van der Waals surface area contributed by atoms with Crippen LogP contribution in [0.25, 0.3) is 0 Å². The van der Waals surface area contributed by atoms with Crippen LogP contribution in [0.4, 0.5) is 9.93 Å². The Balaban J connectivity index is 1.57. The average molecular weight is 302 g/mol. The van der Waals surface area contributed by atoms with Crippen LogP contribution in [0.15, 0.2) is 24.3 Å². The molecule has 2 amide bonds. The number of carbonyl (C=O) groups excluding carboxylic acids is 1. The molecule has 21 heavy (non-hydrogen) atoms. The van der Waals surface area contributed by atoms with Gasteiger partial charge in [0.05, 0.1) is 0 Å². The molecule has 110 valence electrons. The van der Waals surface area contributed by atoms with Gasteiger partial charge in [-0.25, -0.2) is 4.79 Å². The number of carbonyl (C=O) groups is 1. The summed E-state index contributed by atoms with van der Waals surface area (Å²) in [6.45, 7) is 2.51. The van der Waals surface area contributed by atoms with Gasteiger partial charge in [0.25, 0.3) is 0 Å². The van der Waals surface area contributed by atoms with E-state index in [-0.39, 0.29) is 6.03 Å². The summed E-state index contributed by atoms with van der Waals surface area (Å²) in [6, 6.07) is 8.30. The number of nitrogens with one attached hydrogen (secondary N) is 2. The molecule has 2 aromatic rings. The Labute approximate surface area is 127 Å². The molecule has 6 heteroatoms. The van der Waals surface area contributed by atoms with Crippen molar-refractivity contribution in [3.63, 3.8) is 0 Å². The summed E-state index contributed by atoms with van der Waals surface area (Å²) in [7, 11) is 0. The normalized spacial score (nSPS) is 17.1. The second-order valence-electron chi connectivity index (χ2n) is 5.25. The van der Waals surface area contributed by atoms with E-state index < -0.39 is 0 Å². The molecule has 1 heterocycles. The molecule has 0 fully saturated rings. The maximum absolute atomic E-state index is 11.9. The lowest BCUT2D eigenvalue weighted by Gasteiger charge is -2.25. The maximum Gasteiger partial charge on any atom is 0.321 e. The standard InChI is InChI=1S/C15H18N4OS/c1-10-18-19-15(21-10)17-14(20)16-9-12-7-4-6-11-5-2-3-8-13(11)12/h2-3,5,8,12H,4,6-7,9H2,1H3,(H2,16,17,19,20)/t12-/m0/s1. The van der Waals surface area contributed by atoms with Crippen molar-refractivity contribution < 1.29 is 4.79 Å². The predicted molar refractivity (Wildman–Crippen MR) is 83.8 cm³/mol. The highest BCUT2D eigenvalue weighted by molar-refractivity contribution is 7.15. The largest absolute Gasteiger partial charge is 0.337 e. The van der Waals surface area contributed by atoms with Crippen LogP contribution in [0.3, 0.4) is 0 Å². The third-order valence-electron chi connectivity index (χ3n) is 3.75. The van der Waals surface area contributed by atoms with Crippen LogP contribution in [0.5, 0.6) is 0 Å². The van der Waals surface area contributed by atoms with Gasteiger partial charge in [-0.1, -0.05) is 35.6 Å². The van der Waals surface area contributed by atoms with E-state index in [0.717, 1.165) is 17.8 Å². The Hall–Kier alpha value is -1.95. The number of fused-ring (bicyclic) bond motifs is 1. The lowest BCUT2D eigenvalue weighted by atomic mass is 9.83. The molecule has 1 aliphatic carbocycles. The third-order valence-corrected chi connectivity index (χ3v) is 4.50. The van der Waals surface area contributed by atoms with Crippen molar-refractivity contribution in [3.05, 3.63) is 40.4 Å². The summed E-state index contributed by atoms with van der Waals surface area (Å²) in [4.78, 5) is 11.9. The summed E-state index contributed by atoms with van der Waals surface area (Å²) in [6.07, 6.45) is 3.44. The predicted octanol–water partition coefficient (Wildman–Crippen LogP) is 3.09. The van der Waals surface area contributed by atoms with Crippen LogP contribution in [-0.2, 0) is 6.42 Å². The number of nitrogens with zero attached hydrogens (tertiary/aromatic N) is 2. The first-order valence-electron chi connectivity index (χ1n) is 7.15. The number of urea groups is 1. The van der Waals surface area contributed by atoms with Crippen LogP contribution < -0.4 is 10.6 Å². The van der Waals surface area contributed by atoms with E-state index in [2.05, 4.69) is 45.1 Å². The molecule has 1 aliphatic rings. The van der Waals surface area contributed by atoms with E-state index in [4.69, 9.17) is 0 Å². The minimum atomic E-state index is -0.214. The SMILES string of the molecule is Cc1nnc(NC(=O)NC[C@@H]2CCCc3ccccc32)s1. The minimum absolute atomic E-state index is 0.214. The van der Waals surface area contributed by atoms with Gasteiger partial charge in [0, 0.05) is 12.5 Å². The molecular weight excluding hydrogens is 284 g/mol. The second kappa shape index (κ2) is 6.22. The number of hydrogen-bond donors (Lipinski definition) is 2. The quantitative estimate of drug-likeness (QED) is 0.915. The van der Waals surface area contributed by atoms with Crippen LogP contribution in [0.1, 0.15) is 34.9 Å². The number of benzene rings is 1. The Morgan fingerprint density at radius 2 is 2.24 bits per heavy atom. The van der Waals surface area contributed by atoms with Gasteiger partial charge in [0.15, 0.2) is 0 Å². The molecule has 2 N–H and O–H groups in total. The van der Waals surface area contributed by atoms with Crippen molar-refractivity contribution in [1.82, 2.24) is 15.5 Å². The molecule has 1 atom stereocenters. The van der Waals surface area contributed by atoms with Gasteiger partial charge in [-0.2, -0.15) is 0 Å². The molecular formula is C15H18N4OS. The molecule has 0 aliphatic heterocycles. The fourth-order valence-corrected chi connectivity index (χ4v) is 3.36. The number of aryl methyl sites for hydroxylation is 2. The summed E-state index contributed by atoms with van der Waals surface area (Å²) < 4.78 is 0. The van der Waals surface area contributed by atoms with Crippen molar-refractivity contribution in [2.24, 2.45) is 0 Å². The maximum atomic E-state index is 11.9. The van der Waals surface area contributed by atoms with Crippen LogP contribution in [0, 0.1) is 6.92 Å². The number of amides is 2. The van der Waals surface area contributed by atoms with Crippen molar-refractivity contribution >= 4 is 22.5 Å². The number of hydrogen-bond acceptors (Lipinski definition) is 4. The van der Waals surface area contributed by atoms with Gasteiger partial charge in [-0.15, -0.1) is 10.2 Å². The van der Waals surface area contributed by atoms with Crippen molar-refractivity contribution in [1.29, 1.82) is 0 Å². The van der Waals surface area contributed by atoms with Crippen molar-refractivity contribution in [2.75, 3.05) is 11.9 Å². The zero-order valence-electron chi connectivity index (χ0n) is 11.9. The highest BCUT2D eigenvalue weighted by Crippen LogP contribution is 2.30. The third kappa shape index (κ3) is 3.39. The Kier molecular flexibility index (Phi) is 4.15. The first kappa shape index (κ1) is 14.0. The first-order valence-corrected chi connectivity index (χ1v) is 7.97. The number of aromatic nitrogens is 2. The summed E-state index contributed by atoms with van der Waals surface area (Å²) in [5, 5.41) is 14.8. The topological polar surface area (TPSA) is 66.9 Å². The van der Waals surface area contributed by atoms with Crippen LogP contribution >= 0.6 is 11.3 Å². The summed E-state index contributed by atoms with van der Waals surface area (Å²) in [5.74, 6) is 0.400. The number of anilines is 1. The Bertz CT molecular complexity index is 640. The van der Waals surface area contributed by atoms with Crippen LogP contribution in [-0.4, -0.2) is 22.8 Å². The lowest BCUT2D eigenvalue weighted by molar-refractivity contribution is 0.251. The van der Waals surface area contributed by atoms with Gasteiger partial charge in [-0.3, -0.25) is 5.32 Å². The zero-order chi connectivity index (χ0) is 14.7. The number of rotatable bonds is 3. The van der Waals surface area contributed by atoms with Gasteiger partial charge in [0.2, 0.25) is 5.13 Å². The van der Waals surface area contributed by atoms with Crippen molar-refractivity contribution in [3.8, 4) is 0 Å². The van der Waals surface area contributed by atoms with Gasteiger partial charge >= 0.3 is 6.03 Å². The molecule has 0 radical (unpaired) electrons. The van der Waals surface area contributed by atoms with E-state index >= 15 is 0 Å². The van der Waals surface area contributed by atoms with Gasteiger partial charge in [-0.05, 0) is 37.3 Å². The Morgan fingerprint density at radius 3 is 3.05 bits per heavy atom. The summed E-state index contributed by atoms with van der Waals surface area (Å²) in [5.41, 5.74) is 2.78. The van der Waals surface area contributed by atoms with E-state index in [9.17, 15) is 4.79 Å². The van der Waals surface area contributed by atoms with E-state index in [1.807, 2.05) is 6.92 Å². The summed E-state index contributed by atoms with van der Waals surface area (Å²) >= 11 is 1.37. The van der Waals surface area contributed by atoms with E-state index in [1.54, 1.807) is 0 Å². The van der Waals surface area contributed by atoms with E-state index in [1.165, 1.54) is 28.9 Å². The smallest absolute Gasteiger partial charge is 0.321 e. The average Bonchev–Trinajstić information content (AvgIpc) is 2.90. The molecule has 0 bridgehead atoms. The monoisotopic (exact) mass is 302 g/mol. The van der Waals surface area contributed by atoms with Crippen molar-refractivity contribution in [2.45, 2.75) is 32.1 Å². The first-order chi connectivity index (χ1) is 10.2. The lowest BCUT2D eigenvalue weighted by Crippen LogP contribution is -2.33. The molecule has 0 unspecified atom stereocenters. The van der Waals surface area contributed by atoms with Crippen LogP contribution in [0.2, 0.25) is 0 Å². The highest BCUT2D eigenvalue weighted by Gasteiger charge is 2.20. The van der Waals surface area contributed by atoms with Gasteiger partial charge in [0.1, 0.15) is 5.01 Å². The molecule has 3 rings (SSSR count). The molecule has 1 aromatic heterocycles. The zero-order valence-corrected chi connectivity index (χ0v) is 12.7. The molecule has 0 saturated carbocycles. The second-order valence-corrected chi connectivity index (χ2v) is 6.43. The highest BCUT2D eigenvalue weighted by atomic mass is 32.1. The minimum Gasteiger partial charge on any atom is -0.337 e. The molecule has 1 aromatic carbocycles.